The molecular formula is C66H122O6. The van der Waals surface area contributed by atoms with Crippen LogP contribution in [-0.2, 0) is 28.6 Å². The Morgan fingerprint density at radius 1 is 0.278 bits per heavy atom. The highest BCUT2D eigenvalue weighted by Gasteiger charge is 2.19. The van der Waals surface area contributed by atoms with Crippen LogP contribution in [-0.4, -0.2) is 37.2 Å². The van der Waals surface area contributed by atoms with Crippen LogP contribution in [0.4, 0.5) is 0 Å². The average Bonchev–Trinajstić information content (AvgIpc) is 3.38. The fourth-order valence-electron chi connectivity index (χ4n) is 9.57. The van der Waals surface area contributed by atoms with E-state index in [2.05, 4.69) is 57.2 Å². The van der Waals surface area contributed by atoms with Gasteiger partial charge in [-0.3, -0.25) is 14.4 Å². The number of rotatable bonds is 59. The molecule has 0 fully saturated rings. The molecule has 1 atom stereocenters. The minimum absolute atomic E-state index is 0.0730. The molecule has 0 amide bonds. The number of allylic oxidation sites excluding steroid dienone is 6. The summed E-state index contributed by atoms with van der Waals surface area (Å²) in [4.78, 5) is 38.1. The fourth-order valence-corrected chi connectivity index (χ4v) is 9.57. The number of hydrogen-bond donors (Lipinski definition) is 0. The van der Waals surface area contributed by atoms with Crippen LogP contribution in [0.1, 0.15) is 348 Å². The molecule has 0 radical (unpaired) electrons. The highest BCUT2D eigenvalue weighted by Crippen LogP contribution is 2.18. The number of carbonyl (C=O) groups is 3. The minimum atomic E-state index is -0.775. The quantitative estimate of drug-likeness (QED) is 0.0261. The second-order valence-electron chi connectivity index (χ2n) is 21.7. The van der Waals surface area contributed by atoms with Crippen molar-refractivity contribution in [2.24, 2.45) is 0 Å². The van der Waals surface area contributed by atoms with Crippen LogP contribution in [0.5, 0.6) is 0 Å². The van der Waals surface area contributed by atoms with Gasteiger partial charge in [0.15, 0.2) is 6.10 Å². The lowest BCUT2D eigenvalue weighted by Crippen LogP contribution is -2.30. The summed E-state index contributed by atoms with van der Waals surface area (Å²) < 4.78 is 16.9. The van der Waals surface area contributed by atoms with Crippen molar-refractivity contribution >= 4 is 17.9 Å². The molecule has 0 N–H and O–H groups in total. The normalized spacial score (nSPS) is 12.2. The Morgan fingerprint density at radius 2 is 0.500 bits per heavy atom. The molecule has 0 saturated carbocycles. The van der Waals surface area contributed by atoms with Crippen molar-refractivity contribution < 1.29 is 28.6 Å². The van der Waals surface area contributed by atoms with Crippen LogP contribution in [0.25, 0.3) is 0 Å². The Balaban J connectivity index is 4.11. The van der Waals surface area contributed by atoms with Gasteiger partial charge in [-0.15, -0.1) is 0 Å². The first-order chi connectivity index (χ1) is 35.5. The lowest BCUT2D eigenvalue weighted by atomic mass is 10.0. The number of unbranched alkanes of at least 4 members (excludes halogenated alkanes) is 42. The molecule has 0 rings (SSSR count). The maximum atomic E-state index is 12.8. The highest BCUT2D eigenvalue weighted by atomic mass is 16.6. The molecule has 6 heteroatoms. The third-order valence-corrected chi connectivity index (χ3v) is 14.4. The van der Waals surface area contributed by atoms with E-state index in [0.29, 0.717) is 19.3 Å². The van der Waals surface area contributed by atoms with Crippen LogP contribution >= 0.6 is 0 Å². The van der Waals surface area contributed by atoms with Gasteiger partial charge in [-0.05, 0) is 57.8 Å². The molecule has 72 heavy (non-hydrogen) atoms. The topological polar surface area (TPSA) is 78.9 Å². The monoisotopic (exact) mass is 1010 g/mol. The van der Waals surface area contributed by atoms with Gasteiger partial charge in [0.05, 0.1) is 0 Å². The molecule has 0 aromatic rings. The summed E-state index contributed by atoms with van der Waals surface area (Å²) in [6.45, 7) is 6.63. The van der Waals surface area contributed by atoms with Gasteiger partial charge in [-0.25, -0.2) is 0 Å². The molecule has 0 bridgehead atoms. The van der Waals surface area contributed by atoms with Crippen molar-refractivity contribution in [3.8, 4) is 0 Å². The van der Waals surface area contributed by atoms with E-state index < -0.39 is 6.10 Å². The Labute approximate surface area is 448 Å². The maximum absolute atomic E-state index is 12.8. The molecule has 0 aliphatic carbocycles. The molecule has 0 aliphatic heterocycles. The van der Waals surface area contributed by atoms with Crippen molar-refractivity contribution in [3.63, 3.8) is 0 Å². The Kier molecular flexibility index (Phi) is 59.2. The number of carbonyl (C=O) groups excluding carboxylic acids is 3. The maximum Gasteiger partial charge on any atom is 0.306 e. The lowest BCUT2D eigenvalue weighted by Gasteiger charge is -2.18. The van der Waals surface area contributed by atoms with Crippen molar-refractivity contribution in [1.29, 1.82) is 0 Å². The first-order valence-corrected chi connectivity index (χ1v) is 32.0. The molecule has 0 saturated heterocycles. The van der Waals surface area contributed by atoms with Crippen molar-refractivity contribution in [1.82, 2.24) is 0 Å². The lowest BCUT2D eigenvalue weighted by molar-refractivity contribution is -0.167. The summed E-state index contributed by atoms with van der Waals surface area (Å²) in [5.74, 6) is -0.870. The van der Waals surface area contributed by atoms with Crippen LogP contribution in [0, 0.1) is 0 Å². The summed E-state index contributed by atoms with van der Waals surface area (Å²) in [5.41, 5.74) is 0. The Morgan fingerprint density at radius 3 is 0.806 bits per heavy atom. The van der Waals surface area contributed by atoms with E-state index in [1.165, 1.54) is 231 Å². The van der Waals surface area contributed by atoms with E-state index in [4.69, 9.17) is 14.2 Å². The third-order valence-electron chi connectivity index (χ3n) is 14.4. The number of esters is 3. The SMILES string of the molecule is CCCCC/C=C\C/C=C\C/C=C\CCCCCCCCC(=O)OC(COC(=O)CCCCCCCCCC)COC(=O)CCCCCCCCCCCCCCCCCCCCCCCCCCCCC. The van der Waals surface area contributed by atoms with E-state index in [-0.39, 0.29) is 31.1 Å². The third kappa shape index (κ3) is 58.5. The molecule has 0 heterocycles. The molecule has 0 aromatic carbocycles. The molecular weight excluding hydrogens is 889 g/mol. The van der Waals surface area contributed by atoms with Crippen LogP contribution < -0.4 is 0 Å². The van der Waals surface area contributed by atoms with E-state index in [1.54, 1.807) is 0 Å². The van der Waals surface area contributed by atoms with Gasteiger partial charge in [-0.2, -0.15) is 0 Å². The van der Waals surface area contributed by atoms with Gasteiger partial charge in [0.1, 0.15) is 13.2 Å². The highest BCUT2D eigenvalue weighted by molar-refractivity contribution is 5.71. The predicted octanol–water partition coefficient (Wildman–Crippen LogP) is 21.6. The summed E-state index contributed by atoms with van der Waals surface area (Å²) in [6, 6.07) is 0. The minimum Gasteiger partial charge on any atom is -0.462 e. The van der Waals surface area contributed by atoms with Crippen LogP contribution in [0.3, 0.4) is 0 Å². The summed E-state index contributed by atoms with van der Waals surface area (Å²) in [5, 5.41) is 0. The van der Waals surface area contributed by atoms with Gasteiger partial charge < -0.3 is 14.2 Å². The molecule has 422 valence electrons. The second kappa shape index (κ2) is 61.2. The van der Waals surface area contributed by atoms with Crippen molar-refractivity contribution in [2.45, 2.75) is 354 Å². The van der Waals surface area contributed by atoms with E-state index >= 15 is 0 Å². The van der Waals surface area contributed by atoms with Gasteiger partial charge in [0.25, 0.3) is 0 Å². The molecule has 0 aliphatic rings. The second-order valence-corrected chi connectivity index (χ2v) is 21.7. The molecule has 0 aromatic heterocycles. The zero-order valence-electron chi connectivity index (χ0n) is 48.5. The molecule has 0 spiro atoms. The summed E-state index contributed by atoms with van der Waals surface area (Å²) >= 11 is 0. The van der Waals surface area contributed by atoms with Gasteiger partial charge in [0.2, 0.25) is 0 Å². The smallest absolute Gasteiger partial charge is 0.306 e. The number of ether oxygens (including phenoxy) is 3. The van der Waals surface area contributed by atoms with E-state index in [1.807, 2.05) is 0 Å². The zero-order valence-corrected chi connectivity index (χ0v) is 48.5. The average molecular weight is 1010 g/mol. The van der Waals surface area contributed by atoms with E-state index in [0.717, 1.165) is 77.0 Å². The van der Waals surface area contributed by atoms with Gasteiger partial charge >= 0.3 is 17.9 Å². The van der Waals surface area contributed by atoms with Gasteiger partial charge in [-0.1, -0.05) is 308 Å². The zero-order chi connectivity index (χ0) is 52.2. The van der Waals surface area contributed by atoms with E-state index in [9.17, 15) is 14.4 Å². The largest absolute Gasteiger partial charge is 0.462 e. The van der Waals surface area contributed by atoms with Crippen molar-refractivity contribution in [3.05, 3.63) is 36.5 Å². The summed E-state index contributed by atoms with van der Waals surface area (Å²) in [6.07, 6.45) is 74.6. The Hall–Kier alpha value is -2.37. The first-order valence-electron chi connectivity index (χ1n) is 32.0. The van der Waals surface area contributed by atoms with Gasteiger partial charge in [0, 0.05) is 19.3 Å². The standard InChI is InChI=1S/C66H122O6/c1-4-7-10-13-16-19-21-23-25-27-29-30-31-32-33-34-35-36-38-39-41-43-45-47-50-53-56-59-65(68)71-62-63(61-70-64(67)58-55-52-49-18-15-12-9-6-3)72-66(69)60-57-54-51-48-46-44-42-40-37-28-26-24-22-20-17-14-11-8-5-2/h17,20,24,26,37,40,63H,4-16,18-19,21-23,25,27-36,38-39,41-62H2,1-3H3/b20-17-,26-24-,40-37-. The van der Waals surface area contributed by atoms with Crippen molar-refractivity contribution in [2.75, 3.05) is 13.2 Å². The fraction of sp³-hybridized carbons (Fsp3) is 0.864. The molecule has 6 nitrogen and oxygen atoms in total. The Bertz CT molecular complexity index is 1210. The van der Waals surface area contributed by atoms with Crippen LogP contribution in [0.2, 0.25) is 0 Å². The van der Waals surface area contributed by atoms with Crippen LogP contribution in [0.15, 0.2) is 36.5 Å². The first kappa shape index (κ1) is 69.6. The summed E-state index contributed by atoms with van der Waals surface area (Å²) in [7, 11) is 0. The molecule has 1 unspecified atom stereocenters. The predicted molar refractivity (Wildman–Crippen MR) is 312 cm³/mol. The number of hydrogen-bond acceptors (Lipinski definition) is 6.